The van der Waals surface area contributed by atoms with Crippen molar-refractivity contribution in [3.05, 3.63) is 121 Å². The van der Waals surface area contributed by atoms with E-state index in [9.17, 15) is 0 Å². The Morgan fingerprint density at radius 1 is 0.423 bits per heavy atom. The molecule has 0 aliphatic rings. The molecule has 4 heterocycles. The molecule has 0 atom stereocenters. The molecule has 0 bridgehead atoms. The maximum atomic E-state index is 5.68. The molecule has 9 aromatic rings. The molecule has 9 rings (SSSR count). The third kappa shape index (κ3) is 5.50. The number of fused-ring (bicyclic) bond motifs is 8. The van der Waals surface area contributed by atoms with E-state index in [2.05, 4.69) is 81.9 Å². The minimum atomic E-state index is 0.805. The first-order chi connectivity index (χ1) is 25.6. The maximum absolute atomic E-state index is 5.68. The zero-order chi connectivity index (χ0) is 35.3. The van der Waals surface area contributed by atoms with Crippen LogP contribution in [0, 0.1) is 0 Å². The van der Waals surface area contributed by atoms with Crippen LogP contribution in [0.15, 0.2) is 121 Å². The topological polar surface area (TPSA) is 43.4 Å². The molecule has 52 heavy (non-hydrogen) atoms. The van der Waals surface area contributed by atoms with Crippen LogP contribution in [0.25, 0.3) is 39.7 Å². The highest BCUT2D eigenvalue weighted by atomic mass is 32.1. The molecular formula is C42H32N2O4S4. The maximum Gasteiger partial charge on any atom is 0.120 e. The molecule has 0 N–H and O–H groups in total. The van der Waals surface area contributed by atoms with Gasteiger partial charge >= 0.3 is 0 Å². The summed E-state index contributed by atoms with van der Waals surface area (Å²) in [4.78, 5) is 4.63. The molecule has 0 radical (unpaired) electrons. The summed E-state index contributed by atoms with van der Waals surface area (Å²) in [6, 6.07) is 40.0. The van der Waals surface area contributed by atoms with E-state index in [0.717, 1.165) is 55.7 Å². The van der Waals surface area contributed by atoms with Gasteiger partial charge in [-0.3, -0.25) is 0 Å². The molecular weight excluding hydrogens is 725 g/mol. The van der Waals surface area contributed by atoms with Crippen LogP contribution in [-0.2, 0) is 0 Å². The molecule has 0 saturated heterocycles. The highest BCUT2D eigenvalue weighted by Crippen LogP contribution is 2.55. The van der Waals surface area contributed by atoms with Crippen LogP contribution in [0.4, 0.5) is 32.8 Å². The van der Waals surface area contributed by atoms with E-state index in [-0.39, 0.29) is 0 Å². The average Bonchev–Trinajstić information content (AvgIpc) is 4.00. The predicted octanol–water partition coefficient (Wildman–Crippen LogP) is 13.5. The average molecular weight is 757 g/mol. The SMILES string of the molecule is COc1ccc(N(c2cccc(OC)c2)c2cc3c(s2)c2sc(N(c4ccc(OC)cc4)c4cccc(OC)c4)cc2c2c4sccc4sc32)cc1. The molecule has 0 saturated carbocycles. The van der Waals surface area contributed by atoms with E-state index in [1.54, 1.807) is 28.4 Å². The second-order valence-corrected chi connectivity index (χ2v) is 16.1. The summed E-state index contributed by atoms with van der Waals surface area (Å²) in [7, 11) is 6.81. The Balaban J connectivity index is 1.31. The number of hydrogen-bond donors (Lipinski definition) is 0. The fourth-order valence-corrected chi connectivity index (χ4v) is 11.7. The Kier molecular flexibility index (Phi) is 8.39. The van der Waals surface area contributed by atoms with Crippen LogP contribution in [0.1, 0.15) is 0 Å². The van der Waals surface area contributed by atoms with Crippen molar-refractivity contribution in [3.63, 3.8) is 0 Å². The number of nitrogens with zero attached hydrogens (tertiary/aromatic N) is 2. The lowest BCUT2D eigenvalue weighted by Crippen LogP contribution is -2.08. The lowest BCUT2D eigenvalue weighted by molar-refractivity contribution is 0.414. The lowest BCUT2D eigenvalue weighted by atomic mass is 10.1. The first kappa shape index (κ1) is 32.6. The van der Waals surface area contributed by atoms with Crippen molar-refractivity contribution in [2.75, 3.05) is 38.2 Å². The highest BCUT2D eigenvalue weighted by molar-refractivity contribution is 7.35. The molecule has 5 aromatic carbocycles. The Labute approximate surface area is 316 Å². The Hall–Kier alpha value is -5.26. The summed E-state index contributed by atoms with van der Waals surface area (Å²) in [5.74, 6) is 3.24. The second-order valence-electron chi connectivity index (χ2n) is 12.0. The molecule has 0 fully saturated rings. The number of benzene rings is 5. The Morgan fingerprint density at radius 2 is 0.923 bits per heavy atom. The molecule has 0 aliphatic carbocycles. The summed E-state index contributed by atoms with van der Waals surface area (Å²) < 4.78 is 28.9. The van der Waals surface area contributed by atoms with Crippen molar-refractivity contribution in [1.29, 1.82) is 0 Å². The van der Waals surface area contributed by atoms with Gasteiger partial charge in [0, 0.05) is 49.1 Å². The summed E-state index contributed by atoms with van der Waals surface area (Å²) in [6.07, 6.45) is 0. The number of thiophene rings is 4. The normalized spacial score (nSPS) is 11.5. The Morgan fingerprint density at radius 3 is 1.44 bits per heavy atom. The zero-order valence-electron chi connectivity index (χ0n) is 28.7. The van der Waals surface area contributed by atoms with Crippen LogP contribution >= 0.6 is 45.3 Å². The van der Waals surface area contributed by atoms with Crippen molar-refractivity contribution >= 4 is 118 Å². The minimum Gasteiger partial charge on any atom is -0.497 e. The van der Waals surface area contributed by atoms with Gasteiger partial charge in [0.15, 0.2) is 0 Å². The first-order valence-electron chi connectivity index (χ1n) is 16.5. The Bertz CT molecular complexity index is 2710. The minimum absolute atomic E-state index is 0.805. The van der Waals surface area contributed by atoms with Gasteiger partial charge in [0.2, 0.25) is 0 Å². The number of rotatable bonds is 10. The lowest BCUT2D eigenvalue weighted by Gasteiger charge is -2.24. The van der Waals surface area contributed by atoms with Crippen molar-refractivity contribution < 1.29 is 18.9 Å². The van der Waals surface area contributed by atoms with E-state index in [1.807, 2.05) is 93.9 Å². The van der Waals surface area contributed by atoms with E-state index < -0.39 is 0 Å². The van der Waals surface area contributed by atoms with Crippen LogP contribution < -0.4 is 28.7 Å². The number of anilines is 6. The van der Waals surface area contributed by atoms with E-state index in [0.29, 0.717) is 0 Å². The third-order valence-electron chi connectivity index (χ3n) is 9.18. The first-order valence-corrected chi connectivity index (χ1v) is 19.8. The fourth-order valence-electron chi connectivity index (χ4n) is 6.70. The second kappa shape index (κ2) is 13.4. The summed E-state index contributed by atoms with van der Waals surface area (Å²) >= 11 is 7.35. The standard InChI is InChI=1S/C42H32N2O4S4/c1-45-29-15-11-25(12-16-29)43(27-7-5-9-31(21-27)47-3)36-23-33-38-39(50-35-19-20-49-42(35)38)34-24-37(52-41(34)40(33)51-36)44(26-13-17-30(46-2)18-14-26)28-8-6-10-32(22-28)48-4/h5-24H,1-4H3. The molecule has 4 aromatic heterocycles. The molecule has 0 amide bonds. The van der Waals surface area contributed by atoms with E-state index >= 15 is 0 Å². The van der Waals surface area contributed by atoms with Gasteiger partial charge in [-0.1, -0.05) is 12.1 Å². The van der Waals surface area contributed by atoms with Crippen molar-refractivity contribution in [1.82, 2.24) is 0 Å². The third-order valence-corrected chi connectivity index (χ3v) is 13.8. The van der Waals surface area contributed by atoms with Crippen LogP contribution in [0.2, 0.25) is 0 Å². The van der Waals surface area contributed by atoms with Crippen LogP contribution in [-0.4, -0.2) is 28.4 Å². The summed E-state index contributed by atoms with van der Waals surface area (Å²) in [5, 5.41) is 8.30. The number of methoxy groups -OCH3 is 4. The van der Waals surface area contributed by atoms with Gasteiger partial charge in [-0.2, -0.15) is 0 Å². The molecule has 6 nitrogen and oxygen atoms in total. The molecule has 258 valence electrons. The summed E-state index contributed by atoms with van der Waals surface area (Å²) in [5.41, 5.74) is 4.11. The van der Waals surface area contributed by atoms with Crippen LogP contribution in [0.5, 0.6) is 23.0 Å². The van der Waals surface area contributed by atoms with Crippen molar-refractivity contribution in [3.8, 4) is 23.0 Å². The highest BCUT2D eigenvalue weighted by Gasteiger charge is 2.25. The number of hydrogen-bond acceptors (Lipinski definition) is 10. The molecule has 0 unspecified atom stereocenters. The van der Waals surface area contributed by atoms with Gasteiger partial charge in [0.25, 0.3) is 0 Å². The predicted molar refractivity (Wildman–Crippen MR) is 224 cm³/mol. The number of ether oxygens (including phenoxy) is 4. The van der Waals surface area contributed by atoms with Crippen molar-refractivity contribution in [2.24, 2.45) is 0 Å². The molecule has 0 spiro atoms. The monoisotopic (exact) mass is 756 g/mol. The molecule has 0 aliphatic heterocycles. The molecule has 10 heteroatoms. The van der Waals surface area contributed by atoms with Gasteiger partial charge in [0.1, 0.15) is 33.0 Å². The largest absolute Gasteiger partial charge is 0.497 e. The zero-order valence-corrected chi connectivity index (χ0v) is 32.0. The summed E-state index contributed by atoms with van der Waals surface area (Å²) in [6.45, 7) is 0. The fraction of sp³-hybridized carbons (Fsp3) is 0.0952. The van der Waals surface area contributed by atoms with E-state index in [1.165, 1.54) is 39.7 Å². The van der Waals surface area contributed by atoms with Gasteiger partial charge in [0.05, 0.1) is 53.9 Å². The van der Waals surface area contributed by atoms with Gasteiger partial charge < -0.3 is 28.7 Å². The van der Waals surface area contributed by atoms with Crippen molar-refractivity contribution in [2.45, 2.75) is 0 Å². The smallest absolute Gasteiger partial charge is 0.120 e. The van der Waals surface area contributed by atoms with Crippen LogP contribution in [0.3, 0.4) is 0 Å². The van der Waals surface area contributed by atoms with Gasteiger partial charge in [-0.25, -0.2) is 0 Å². The van der Waals surface area contributed by atoms with Gasteiger partial charge in [-0.15, -0.1) is 45.3 Å². The quantitative estimate of drug-likeness (QED) is 0.138. The van der Waals surface area contributed by atoms with Gasteiger partial charge in [-0.05, 0) is 96.4 Å². The van der Waals surface area contributed by atoms with E-state index in [4.69, 9.17) is 18.9 Å².